The molecule has 0 bridgehead atoms. The van der Waals surface area contributed by atoms with E-state index >= 15 is 0 Å². The Morgan fingerprint density at radius 1 is 0.897 bits per heavy atom. The SMILES string of the molecule is COC(=O)C1=C[C@@H](c2ccc(OC)cc2)N(Cc2ccccc2)c2ccccc21. The highest BCUT2D eigenvalue weighted by molar-refractivity contribution is 6.19. The summed E-state index contributed by atoms with van der Waals surface area (Å²) in [5, 5.41) is 0. The maximum absolute atomic E-state index is 12.5. The van der Waals surface area contributed by atoms with Crippen molar-refractivity contribution in [1.82, 2.24) is 0 Å². The number of hydrogen-bond acceptors (Lipinski definition) is 4. The zero-order valence-corrected chi connectivity index (χ0v) is 16.5. The molecule has 0 unspecified atom stereocenters. The van der Waals surface area contributed by atoms with Crippen LogP contribution in [0.4, 0.5) is 5.69 Å². The smallest absolute Gasteiger partial charge is 0.338 e. The van der Waals surface area contributed by atoms with E-state index in [4.69, 9.17) is 9.47 Å². The summed E-state index contributed by atoms with van der Waals surface area (Å²) in [6, 6.07) is 26.2. The molecule has 3 aromatic carbocycles. The molecular formula is C25H23NO3. The lowest BCUT2D eigenvalue weighted by Gasteiger charge is -2.37. The Hall–Kier alpha value is -3.53. The fourth-order valence-electron chi connectivity index (χ4n) is 3.77. The Labute approximate surface area is 171 Å². The van der Waals surface area contributed by atoms with Gasteiger partial charge in [-0.25, -0.2) is 4.79 Å². The summed E-state index contributed by atoms with van der Waals surface area (Å²) in [7, 11) is 3.08. The summed E-state index contributed by atoms with van der Waals surface area (Å²) in [5.74, 6) is 0.479. The third-order valence-corrected chi connectivity index (χ3v) is 5.22. The number of nitrogens with zero attached hydrogens (tertiary/aromatic N) is 1. The molecule has 0 fully saturated rings. The summed E-state index contributed by atoms with van der Waals surface area (Å²) < 4.78 is 10.4. The van der Waals surface area contributed by atoms with Gasteiger partial charge >= 0.3 is 5.97 Å². The minimum Gasteiger partial charge on any atom is -0.497 e. The van der Waals surface area contributed by atoms with Gasteiger partial charge in [0.2, 0.25) is 0 Å². The number of carbonyl (C=O) groups excluding carboxylic acids is 1. The second-order valence-corrected chi connectivity index (χ2v) is 6.92. The van der Waals surface area contributed by atoms with Crippen molar-refractivity contribution in [2.24, 2.45) is 0 Å². The van der Waals surface area contributed by atoms with Gasteiger partial charge in [0.25, 0.3) is 0 Å². The number of benzene rings is 3. The zero-order chi connectivity index (χ0) is 20.2. The molecule has 1 aliphatic heterocycles. The van der Waals surface area contributed by atoms with Crippen molar-refractivity contribution in [2.75, 3.05) is 19.1 Å². The molecule has 4 nitrogen and oxygen atoms in total. The van der Waals surface area contributed by atoms with Crippen molar-refractivity contribution in [1.29, 1.82) is 0 Å². The van der Waals surface area contributed by atoms with E-state index in [-0.39, 0.29) is 12.0 Å². The molecule has 4 heteroatoms. The number of fused-ring (bicyclic) bond motifs is 1. The van der Waals surface area contributed by atoms with Crippen LogP contribution in [0.25, 0.3) is 5.57 Å². The predicted octanol–water partition coefficient (Wildman–Crippen LogP) is 5.01. The van der Waals surface area contributed by atoms with E-state index in [1.54, 1.807) is 7.11 Å². The van der Waals surface area contributed by atoms with E-state index in [1.165, 1.54) is 12.7 Å². The van der Waals surface area contributed by atoms with Crippen molar-refractivity contribution in [3.8, 4) is 5.75 Å². The molecule has 29 heavy (non-hydrogen) atoms. The van der Waals surface area contributed by atoms with Crippen LogP contribution in [0.15, 0.2) is 84.9 Å². The molecule has 0 N–H and O–H groups in total. The van der Waals surface area contributed by atoms with Gasteiger partial charge in [-0.1, -0.05) is 60.7 Å². The number of ether oxygens (including phenoxy) is 2. The number of anilines is 1. The lowest BCUT2D eigenvalue weighted by molar-refractivity contribution is -0.133. The lowest BCUT2D eigenvalue weighted by Crippen LogP contribution is -2.31. The van der Waals surface area contributed by atoms with Gasteiger partial charge in [0.15, 0.2) is 0 Å². The van der Waals surface area contributed by atoms with Crippen LogP contribution < -0.4 is 9.64 Å². The normalized spacial score (nSPS) is 15.3. The van der Waals surface area contributed by atoms with Gasteiger partial charge in [-0.2, -0.15) is 0 Å². The number of rotatable bonds is 5. The maximum Gasteiger partial charge on any atom is 0.338 e. The molecule has 0 saturated heterocycles. The van der Waals surface area contributed by atoms with Crippen LogP contribution in [0, 0.1) is 0 Å². The number of esters is 1. The Balaban J connectivity index is 1.84. The first kappa shape index (κ1) is 18.8. The van der Waals surface area contributed by atoms with Crippen molar-refractivity contribution in [3.63, 3.8) is 0 Å². The molecule has 4 rings (SSSR count). The first-order valence-corrected chi connectivity index (χ1v) is 9.55. The predicted molar refractivity (Wildman–Crippen MR) is 115 cm³/mol. The van der Waals surface area contributed by atoms with Gasteiger partial charge in [0.1, 0.15) is 5.75 Å². The largest absolute Gasteiger partial charge is 0.497 e. The monoisotopic (exact) mass is 385 g/mol. The maximum atomic E-state index is 12.5. The molecule has 0 aromatic heterocycles. The van der Waals surface area contributed by atoms with Gasteiger partial charge in [0.05, 0.1) is 25.8 Å². The summed E-state index contributed by atoms with van der Waals surface area (Å²) in [6.07, 6.45) is 2.00. The average molecular weight is 385 g/mol. The molecule has 0 aliphatic carbocycles. The number of carbonyl (C=O) groups is 1. The van der Waals surface area contributed by atoms with Gasteiger partial charge in [0, 0.05) is 17.8 Å². The van der Waals surface area contributed by atoms with Crippen molar-refractivity contribution in [2.45, 2.75) is 12.6 Å². The van der Waals surface area contributed by atoms with E-state index in [2.05, 4.69) is 23.1 Å². The van der Waals surface area contributed by atoms with E-state index in [9.17, 15) is 4.79 Å². The van der Waals surface area contributed by atoms with Crippen LogP contribution in [-0.4, -0.2) is 20.2 Å². The molecule has 1 heterocycles. The van der Waals surface area contributed by atoms with Crippen molar-refractivity contribution >= 4 is 17.2 Å². The van der Waals surface area contributed by atoms with Gasteiger partial charge in [-0.05, 0) is 35.4 Å². The van der Waals surface area contributed by atoms with E-state index < -0.39 is 0 Å². The van der Waals surface area contributed by atoms with Gasteiger partial charge in [-0.3, -0.25) is 0 Å². The van der Waals surface area contributed by atoms with Crippen LogP contribution in [0.2, 0.25) is 0 Å². The third kappa shape index (κ3) is 3.74. The highest BCUT2D eigenvalue weighted by atomic mass is 16.5. The third-order valence-electron chi connectivity index (χ3n) is 5.22. The quantitative estimate of drug-likeness (QED) is 0.579. The summed E-state index contributed by atoms with van der Waals surface area (Å²) in [4.78, 5) is 14.9. The highest BCUT2D eigenvalue weighted by Crippen LogP contribution is 2.41. The number of para-hydroxylation sites is 1. The molecule has 0 amide bonds. The molecule has 3 aromatic rings. The lowest BCUT2D eigenvalue weighted by atomic mass is 9.91. The minimum absolute atomic E-state index is 0.106. The van der Waals surface area contributed by atoms with E-state index in [1.807, 2.05) is 66.7 Å². The zero-order valence-electron chi connectivity index (χ0n) is 16.5. The molecule has 1 aliphatic rings. The Kier molecular flexibility index (Phi) is 5.34. The molecule has 0 radical (unpaired) electrons. The van der Waals surface area contributed by atoms with Crippen LogP contribution in [-0.2, 0) is 16.1 Å². The fraction of sp³-hybridized carbons (Fsp3) is 0.160. The van der Waals surface area contributed by atoms with Crippen LogP contribution in [0.5, 0.6) is 5.75 Å². The number of methoxy groups -OCH3 is 2. The van der Waals surface area contributed by atoms with Crippen LogP contribution in [0.3, 0.4) is 0 Å². The molecular weight excluding hydrogens is 362 g/mol. The summed E-state index contributed by atoms with van der Waals surface area (Å²) in [6.45, 7) is 0.722. The highest BCUT2D eigenvalue weighted by Gasteiger charge is 2.30. The fourth-order valence-corrected chi connectivity index (χ4v) is 3.77. The standard InChI is InChI=1S/C25H23NO3/c1-28-20-14-12-19(13-15-20)24-16-22(25(27)29-2)21-10-6-7-11-23(21)26(24)17-18-8-4-3-5-9-18/h3-16,24H,17H2,1-2H3/t24-/m0/s1. The van der Waals surface area contributed by atoms with Crippen LogP contribution >= 0.6 is 0 Å². The second-order valence-electron chi connectivity index (χ2n) is 6.92. The molecule has 0 spiro atoms. The average Bonchev–Trinajstić information content (AvgIpc) is 2.79. The van der Waals surface area contributed by atoms with Crippen molar-refractivity contribution < 1.29 is 14.3 Å². The molecule has 146 valence electrons. The van der Waals surface area contributed by atoms with E-state index in [0.717, 1.165) is 29.1 Å². The van der Waals surface area contributed by atoms with Gasteiger partial charge < -0.3 is 14.4 Å². The Morgan fingerprint density at radius 3 is 2.28 bits per heavy atom. The van der Waals surface area contributed by atoms with Crippen molar-refractivity contribution in [3.05, 3.63) is 102 Å². The summed E-state index contributed by atoms with van der Waals surface area (Å²) >= 11 is 0. The second kappa shape index (κ2) is 8.23. The topological polar surface area (TPSA) is 38.8 Å². The Morgan fingerprint density at radius 2 is 1.59 bits per heavy atom. The van der Waals surface area contributed by atoms with Gasteiger partial charge in [-0.15, -0.1) is 0 Å². The number of hydrogen-bond donors (Lipinski definition) is 0. The first-order valence-electron chi connectivity index (χ1n) is 9.55. The van der Waals surface area contributed by atoms with Crippen LogP contribution in [0.1, 0.15) is 22.7 Å². The minimum atomic E-state index is -0.324. The molecule has 1 atom stereocenters. The Bertz CT molecular complexity index is 1030. The molecule has 0 saturated carbocycles. The summed E-state index contributed by atoms with van der Waals surface area (Å²) in [5.41, 5.74) is 4.78. The van der Waals surface area contributed by atoms with E-state index in [0.29, 0.717) is 5.57 Å². The first-order chi connectivity index (χ1) is 14.2.